The fourth-order valence-corrected chi connectivity index (χ4v) is 3.95. The van der Waals surface area contributed by atoms with E-state index < -0.39 is 10.0 Å². The number of fused-ring (bicyclic) bond motifs is 3. The molecule has 17 heavy (non-hydrogen) atoms. The Hall–Kier alpha value is -1.29. The van der Waals surface area contributed by atoms with E-state index in [2.05, 4.69) is 0 Å². The van der Waals surface area contributed by atoms with Gasteiger partial charge in [-0.25, -0.2) is 12.4 Å². The zero-order valence-corrected chi connectivity index (χ0v) is 10.6. The van der Waals surface area contributed by atoms with Gasteiger partial charge in [-0.15, -0.1) is 0 Å². The molecule has 1 aliphatic rings. The first-order valence-corrected chi connectivity index (χ1v) is 7.75. The number of rotatable bonds is 1. The SMILES string of the molecule is CS(=O)(=O)n1c2c(c3ccccc31)CCCC2. The third kappa shape index (κ3) is 1.59. The maximum atomic E-state index is 11.9. The molecule has 1 heterocycles. The van der Waals surface area contributed by atoms with E-state index in [1.165, 1.54) is 15.8 Å². The number of aromatic nitrogens is 1. The number of nitrogens with zero attached hydrogens (tertiary/aromatic N) is 1. The molecule has 1 aromatic heterocycles. The zero-order chi connectivity index (χ0) is 12.0. The average Bonchev–Trinajstić information content (AvgIpc) is 2.63. The van der Waals surface area contributed by atoms with Gasteiger partial charge in [0, 0.05) is 11.1 Å². The quantitative estimate of drug-likeness (QED) is 0.778. The fourth-order valence-electron chi connectivity index (χ4n) is 2.83. The molecule has 0 bridgehead atoms. The molecule has 0 atom stereocenters. The second-order valence-corrected chi connectivity index (χ2v) is 6.51. The Balaban J connectivity index is 2.48. The van der Waals surface area contributed by atoms with Gasteiger partial charge in [0.25, 0.3) is 0 Å². The van der Waals surface area contributed by atoms with Crippen LogP contribution in [0.3, 0.4) is 0 Å². The minimum atomic E-state index is -3.21. The van der Waals surface area contributed by atoms with Crippen molar-refractivity contribution in [2.45, 2.75) is 25.7 Å². The highest BCUT2D eigenvalue weighted by molar-refractivity contribution is 7.89. The predicted octanol–water partition coefficient (Wildman–Crippen LogP) is 2.33. The lowest BCUT2D eigenvalue weighted by Gasteiger charge is -2.14. The summed E-state index contributed by atoms with van der Waals surface area (Å²) in [6, 6.07) is 7.80. The van der Waals surface area contributed by atoms with Crippen molar-refractivity contribution < 1.29 is 8.42 Å². The molecule has 3 rings (SSSR count). The van der Waals surface area contributed by atoms with E-state index in [0.29, 0.717) is 0 Å². The molecule has 0 unspecified atom stereocenters. The highest BCUT2D eigenvalue weighted by Crippen LogP contribution is 2.32. The van der Waals surface area contributed by atoms with E-state index in [1.54, 1.807) is 0 Å². The van der Waals surface area contributed by atoms with Crippen molar-refractivity contribution in [1.82, 2.24) is 3.97 Å². The Kier molecular flexibility index (Phi) is 2.30. The van der Waals surface area contributed by atoms with Gasteiger partial charge in [-0.05, 0) is 37.3 Å². The van der Waals surface area contributed by atoms with Crippen LogP contribution in [0.5, 0.6) is 0 Å². The fraction of sp³-hybridized carbons (Fsp3) is 0.385. The van der Waals surface area contributed by atoms with Crippen LogP contribution in [0.4, 0.5) is 0 Å². The van der Waals surface area contributed by atoms with Crippen molar-refractivity contribution in [3.8, 4) is 0 Å². The minimum absolute atomic E-state index is 0.835. The van der Waals surface area contributed by atoms with Crippen LogP contribution in [-0.4, -0.2) is 18.6 Å². The predicted molar refractivity (Wildman–Crippen MR) is 68.8 cm³/mol. The number of benzene rings is 1. The van der Waals surface area contributed by atoms with Gasteiger partial charge in [-0.3, -0.25) is 0 Å². The molecular weight excluding hydrogens is 234 g/mol. The molecule has 0 amide bonds. The molecular formula is C13H15NO2S. The van der Waals surface area contributed by atoms with Gasteiger partial charge in [-0.1, -0.05) is 18.2 Å². The smallest absolute Gasteiger partial charge is 0.236 e. The number of aryl methyl sites for hydroxylation is 1. The minimum Gasteiger partial charge on any atom is -0.242 e. The third-order valence-electron chi connectivity index (χ3n) is 3.46. The highest BCUT2D eigenvalue weighted by Gasteiger charge is 2.23. The molecule has 0 saturated heterocycles. The van der Waals surface area contributed by atoms with Crippen molar-refractivity contribution >= 4 is 20.9 Å². The van der Waals surface area contributed by atoms with Crippen molar-refractivity contribution in [2.24, 2.45) is 0 Å². The topological polar surface area (TPSA) is 39.1 Å². The van der Waals surface area contributed by atoms with E-state index >= 15 is 0 Å². The largest absolute Gasteiger partial charge is 0.242 e. The van der Waals surface area contributed by atoms with E-state index in [9.17, 15) is 8.42 Å². The molecule has 0 saturated carbocycles. The molecule has 1 aliphatic carbocycles. The van der Waals surface area contributed by atoms with Crippen LogP contribution in [-0.2, 0) is 22.9 Å². The summed E-state index contributed by atoms with van der Waals surface area (Å²) in [5.41, 5.74) is 3.07. The summed E-state index contributed by atoms with van der Waals surface area (Å²) in [6.07, 6.45) is 5.40. The second kappa shape index (κ2) is 3.60. The van der Waals surface area contributed by atoms with Crippen LogP contribution in [0.15, 0.2) is 24.3 Å². The monoisotopic (exact) mass is 249 g/mol. The molecule has 0 aliphatic heterocycles. The van der Waals surface area contributed by atoms with Crippen LogP contribution in [0.2, 0.25) is 0 Å². The molecule has 0 N–H and O–H groups in total. The van der Waals surface area contributed by atoms with Gasteiger partial charge >= 0.3 is 0 Å². The van der Waals surface area contributed by atoms with E-state index in [4.69, 9.17) is 0 Å². The zero-order valence-electron chi connectivity index (χ0n) is 9.81. The maximum absolute atomic E-state index is 11.9. The molecule has 0 fully saturated rings. The van der Waals surface area contributed by atoms with Crippen LogP contribution < -0.4 is 0 Å². The van der Waals surface area contributed by atoms with Crippen LogP contribution in [0.1, 0.15) is 24.1 Å². The third-order valence-corrected chi connectivity index (χ3v) is 4.54. The van der Waals surface area contributed by atoms with Gasteiger partial charge in [0.2, 0.25) is 10.0 Å². The number of hydrogen-bond acceptors (Lipinski definition) is 2. The Morgan fingerprint density at radius 1 is 1.12 bits per heavy atom. The Morgan fingerprint density at radius 2 is 1.82 bits per heavy atom. The summed E-state index contributed by atoms with van der Waals surface area (Å²) in [4.78, 5) is 0. The highest BCUT2D eigenvalue weighted by atomic mass is 32.2. The summed E-state index contributed by atoms with van der Waals surface area (Å²) in [5.74, 6) is 0. The molecule has 2 aromatic rings. The number of para-hydroxylation sites is 1. The van der Waals surface area contributed by atoms with Gasteiger partial charge in [0.1, 0.15) is 0 Å². The molecule has 0 spiro atoms. The van der Waals surface area contributed by atoms with Crippen LogP contribution >= 0.6 is 0 Å². The molecule has 1 aromatic carbocycles. The Morgan fingerprint density at radius 3 is 2.59 bits per heavy atom. The Bertz CT molecular complexity index is 683. The van der Waals surface area contributed by atoms with Crippen molar-refractivity contribution in [3.05, 3.63) is 35.5 Å². The van der Waals surface area contributed by atoms with Crippen molar-refractivity contribution in [3.63, 3.8) is 0 Å². The summed E-state index contributed by atoms with van der Waals surface area (Å²) in [6.45, 7) is 0. The second-order valence-electron chi connectivity index (χ2n) is 4.68. The van der Waals surface area contributed by atoms with E-state index in [0.717, 1.165) is 42.3 Å². The summed E-state index contributed by atoms with van der Waals surface area (Å²) in [7, 11) is -3.21. The molecule has 90 valence electrons. The summed E-state index contributed by atoms with van der Waals surface area (Å²) in [5, 5.41) is 1.10. The molecule has 4 heteroatoms. The van der Waals surface area contributed by atoms with E-state index in [1.807, 2.05) is 24.3 Å². The standard InChI is InChI=1S/C13H15NO2S/c1-17(15,16)14-12-8-4-2-6-10(12)11-7-3-5-9-13(11)14/h2,4,6,8H,3,5,7,9H2,1H3. The first kappa shape index (κ1) is 10.8. The van der Waals surface area contributed by atoms with E-state index in [-0.39, 0.29) is 0 Å². The lowest BCUT2D eigenvalue weighted by Crippen LogP contribution is -2.15. The maximum Gasteiger partial charge on any atom is 0.236 e. The molecule has 0 radical (unpaired) electrons. The summed E-state index contributed by atoms with van der Waals surface area (Å²) >= 11 is 0. The van der Waals surface area contributed by atoms with Gasteiger partial charge < -0.3 is 0 Å². The normalized spacial score (nSPS) is 16.1. The van der Waals surface area contributed by atoms with Gasteiger partial charge in [0.15, 0.2) is 0 Å². The van der Waals surface area contributed by atoms with Crippen LogP contribution in [0, 0.1) is 0 Å². The average molecular weight is 249 g/mol. The van der Waals surface area contributed by atoms with Gasteiger partial charge in [-0.2, -0.15) is 0 Å². The van der Waals surface area contributed by atoms with Crippen LogP contribution in [0.25, 0.3) is 10.9 Å². The summed E-state index contributed by atoms with van der Waals surface area (Å²) < 4.78 is 25.4. The van der Waals surface area contributed by atoms with Crippen molar-refractivity contribution in [1.29, 1.82) is 0 Å². The lowest BCUT2D eigenvalue weighted by molar-refractivity contribution is 0.588. The Labute approximate surface area is 101 Å². The molecule has 3 nitrogen and oxygen atoms in total. The van der Waals surface area contributed by atoms with Gasteiger partial charge in [0.05, 0.1) is 11.8 Å². The first-order chi connectivity index (χ1) is 8.09. The lowest BCUT2D eigenvalue weighted by atomic mass is 9.96. The first-order valence-electron chi connectivity index (χ1n) is 5.91. The number of hydrogen-bond donors (Lipinski definition) is 0. The van der Waals surface area contributed by atoms with Crippen molar-refractivity contribution in [2.75, 3.05) is 6.26 Å².